The first kappa shape index (κ1) is 13.4. The van der Waals surface area contributed by atoms with E-state index in [1.807, 2.05) is 0 Å². The molecular formula is C19H24O2. The summed E-state index contributed by atoms with van der Waals surface area (Å²) in [6, 6.07) is 6.61. The number of hydrogen-bond acceptors (Lipinski definition) is 2. The number of hydrogen-bond donors (Lipinski definition) is 0. The summed E-state index contributed by atoms with van der Waals surface area (Å²) in [6.45, 7) is 2.24. The summed E-state index contributed by atoms with van der Waals surface area (Å²) < 4.78 is 5.37. The molecule has 3 aliphatic carbocycles. The van der Waals surface area contributed by atoms with Gasteiger partial charge >= 0.3 is 0 Å². The van der Waals surface area contributed by atoms with E-state index in [0.717, 1.165) is 37.4 Å². The maximum Gasteiger partial charge on any atom is 0.139 e. The zero-order valence-corrected chi connectivity index (χ0v) is 13.0. The summed E-state index contributed by atoms with van der Waals surface area (Å²) in [4.78, 5) is 12.3. The van der Waals surface area contributed by atoms with E-state index in [9.17, 15) is 4.79 Å². The molecule has 0 amide bonds. The Hall–Kier alpha value is -1.31. The third-order valence-corrected chi connectivity index (χ3v) is 6.64. The summed E-state index contributed by atoms with van der Waals surface area (Å²) in [7, 11) is 1.74. The van der Waals surface area contributed by atoms with Crippen molar-refractivity contribution < 1.29 is 9.53 Å². The van der Waals surface area contributed by atoms with Gasteiger partial charge < -0.3 is 4.74 Å². The maximum absolute atomic E-state index is 12.3. The van der Waals surface area contributed by atoms with Crippen LogP contribution < -0.4 is 4.74 Å². The predicted octanol–water partition coefficient (Wildman–Crippen LogP) is 4.12. The van der Waals surface area contributed by atoms with Gasteiger partial charge in [-0.1, -0.05) is 13.0 Å². The highest BCUT2D eigenvalue weighted by Gasteiger charge is 2.54. The molecule has 112 valence electrons. The number of fused-ring (bicyclic) bond motifs is 5. The van der Waals surface area contributed by atoms with Gasteiger partial charge in [0.2, 0.25) is 0 Å². The van der Waals surface area contributed by atoms with Crippen molar-refractivity contribution in [2.75, 3.05) is 7.11 Å². The summed E-state index contributed by atoms with van der Waals surface area (Å²) >= 11 is 0. The number of benzene rings is 1. The van der Waals surface area contributed by atoms with Crippen molar-refractivity contribution in [3.05, 3.63) is 29.3 Å². The van der Waals surface area contributed by atoms with Gasteiger partial charge in [0.1, 0.15) is 11.5 Å². The number of ether oxygens (including phenoxy) is 1. The van der Waals surface area contributed by atoms with Gasteiger partial charge in [-0.2, -0.15) is 0 Å². The van der Waals surface area contributed by atoms with Crippen molar-refractivity contribution in [3.8, 4) is 5.75 Å². The quantitative estimate of drug-likeness (QED) is 0.775. The molecule has 0 aromatic heterocycles. The van der Waals surface area contributed by atoms with E-state index in [4.69, 9.17) is 4.74 Å². The molecule has 0 radical (unpaired) electrons. The van der Waals surface area contributed by atoms with Crippen molar-refractivity contribution in [2.45, 2.75) is 51.4 Å². The second kappa shape index (κ2) is 4.59. The molecule has 0 aliphatic heterocycles. The Kier molecular flexibility index (Phi) is 2.92. The van der Waals surface area contributed by atoms with Gasteiger partial charge in [0.05, 0.1) is 7.11 Å². The van der Waals surface area contributed by atoms with Crippen LogP contribution in [0.15, 0.2) is 18.2 Å². The lowest BCUT2D eigenvalue weighted by Crippen LogP contribution is -2.42. The summed E-state index contributed by atoms with van der Waals surface area (Å²) in [5.74, 6) is 3.52. The van der Waals surface area contributed by atoms with Crippen LogP contribution in [0.2, 0.25) is 0 Å². The van der Waals surface area contributed by atoms with Gasteiger partial charge in [-0.25, -0.2) is 0 Å². The van der Waals surface area contributed by atoms with E-state index in [-0.39, 0.29) is 5.41 Å². The number of aryl methyl sites for hydroxylation is 1. The Balaban J connectivity index is 1.70. The van der Waals surface area contributed by atoms with Crippen molar-refractivity contribution in [1.29, 1.82) is 0 Å². The molecule has 4 atom stereocenters. The third-order valence-electron chi connectivity index (χ3n) is 6.64. The lowest BCUT2D eigenvalue weighted by Gasteiger charge is -2.48. The minimum Gasteiger partial charge on any atom is -0.497 e. The van der Waals surface area contributed by atoms with Gasteiger partial charge in [-0.05, 0) is 73.1 Å². The Morgan fingerprint density at radius 2 is 2.05 bits per heavy atom. The van der Waals surface area contributed by atoms with Crippen molar-refractivity contribution in [2.24, 2.45) is 17.3 Å². The minimum atomic E-state index is -0.00879. The third kappa shape index (κ3) is 1.81. The van der Waals surface area contributed by atoms with Crippen LogP contribution in [0.25, 0.3) is 0 Å². The molecule has 0 N–H and O–H groups in total. The Morgan fingerprint density at radius 3 is 2.86 bits per heavy atom. The predicted molar refractivity (Wildman–Crippen MR) is 82.6 cm³/mol. The average Bonchev–Trinajstić information content (AvgIpc) is 2.82. The first-order valence-corrected chi connectivity index (χ1v) is 8.33. The Bertz CT molecular complexity index is 591. The lowest BCUT2D eigenvalue weighted by molar-refractivity contribution is -0.129. The normalized spacial score (nSPS) is 37.6. The van der Waals surface area contributed by atoms with Gasteiger partial charge in [0.15, 0.2) is 0 Å². The van der Waals surface area contributed by atoms with Crippen LogP contribution in [-0.4, -0.2) is 12.9 Å². The van der Waals surface area contributed by atoms with Gasteiger partial charge in [0.25, 0.3) is 0 Å². The van der Waals surface area contributed by atoms with Gasteiger partial charge in [-0.15, -0.1) is 0 Å². The number of methoxy groups -OCH3 is 1. The summed E-state index contributed by atoms with van der Waals surface area (Å²) in [5, 5.41) is 0. The number of carbonyl (C=O) groups is 1. The second-order valence-corrected chi connectivity index (χ2v) is 7.40. The molecule has 2 unspecified atom stereocenters. The van der Waals surface area contributed by atoms with Crippen LogP contribution in [-0.2, 0) is 11.2 Å². The molecular weight excluding hydrogens is 260 g/mol. The highest BCUT2D eigenvalue weighted by Crippen LogP contribution is 2.59. The molecule has 1 aromatic carbocycles. The van der Waals surface area contributed by atoms with Crippen LogP contribution in [0, 0.1) is 17.3 Å². The van der Waals surface area contributed by atoms with E-state index in [1.165, 1.54) is 24.0 Å². The lowest BCUT2D eigenvalue weighted by atomic mass is 9.55. The first-order valence-electron chi connectivity index (χ1n) is 8.33. The van der Waals surface area contributed by atoms with E-state index in [1.54, 1.807) is 7.11 Å². The highest BCUT2D eigenvalue weighted by atomic mass is 16.5. The minimum absolute atomic E-state index is 0.00879. The fraction of sp³-hybridized carbons (Fsp3) is 0.632. The molecule has 4 rings (SSSR count). The maximum atomic E-state index is 12.3. The molecule has 0 spiro atoms. The topological polar surface area (TPSA) is 26.3 Å². The summed E-state index contributed by atoms with van der Waals surface area (Å²) in [5.41, 5.74) is 3.00. The van der Waals surface area contributed by atoms with Gasteiger partial charge in [-0.3, -0.25) is 4.79 Å². The number of ketones is 1. The zero-order chi connectivity index (χ0) is 14.6. The fourth-order valence-corrected chi connectivity index (χ4v) is 5.46. The molecule has 2 nitrogen and oxygen atoms in total. The molecule has 0 heterocycles. The van der Waals surface area contributed by atoms with Crippen LogP contribution in [0.4, 0.5) is 0 Å². The van der Waals surface area contributed by atoms with E-state index in [0.29, 0.717) is 17.6 Å². The van der Waals surface area contributed by atoms with Crippen molar-refractivity contribution in [1.82, 2.24) is 0 Å². The van der Waals surface area contributed by atoms with Gasteiger partial charge in [0, 0.05) is 11.8 Å². The molecule has 3 aliphatic rings. The molecule has 21 heavy (non-hydrogen) atoms. The van der Waals surface area contributed by atoms with Crippen molar-refractivity contribution >= 4 is 5.78 Å². The number of carbonyl (C=O) groups excluding carboxylic acids is 1. The van der Waals surface area contributed by atoms with E-state index < -0.39 is 0 Å². The Morgan fingerprint density at radius 1 is 1.19 bits per heavy atom. The van der Waals surface area contributed by atoms with Crippen LogP contribution >= 0.6 is 0 Å². The van der Waals surface area contributed by atoms with Crippen molar-refractivity contribution in [3.63, 3.8) is 0 Å². The number of rotatable bonds is 1. The zero-order valence-electron chi connectivity index (χ0n) is 13.0. The van der Waals surface area contributed by atoms with E-state index in [2.05, 4.69) is 25.1 Å². The van der Waals surface area contributed by atoms with Crippen LogP contribution in [0.5, 0.6) is 5.75 Å². The SMILES string of the molecule is COc1ccc2c(c1)CC[C@@H]1C2CC[C@]2(C)C(=O)CCC12. The van der Waals surface area contributed by atoms with Crippen LogP contribution in [0.3, 0.4) is 0 Å². The molecule has 0 saturated heterocycles. The monoisotopic (exact) mass is 284 g/mol. The smallest absolute Gasteiger partial charge is 0.139 e. The standard InChI is InChI=1S/C19H24O2/c1-19-10-9-15-14-6-4-13(21-2)11-12(14)3-5-16(15)17(19)7-8-18(19)20/h4,6,11,15-17H,3,5,7-10H2,1-2H3/t15?,16-,17?,19+/m1/s1. The molecule has 2 saturated carbocycles. The number of Topliss-reactive ketones (excluding diaryl/α,β-unsaturated/α-hetero) is 1. The van der Waals surface area contributed by atoms with Crippen LogP contribution in [0.1, 0.15) is 56.1 Å². The second-order valence-electron chi connectivity index (χ2n) is 7.40. The Labute approximate surface area is 126 Å². The average molecular weight is 284 g/mol. The molecule has 2 fully saturated rings. The largest absolute Gasteiger partial charge is 0.497 e. The molecule has 0 bridgehead atoms. The fourth-order valence-electron chi connectivity index (χ4n) is 5.46. The molecule has 2 heteroatoms. The first-order chi connectivity index (χ1) is 10.1. The summed E-state index contributed by atoms with van der Waals surface area (Å²) in [6.07, 6.45) is 6.61. The molecule has 1 aromatic rings. The highest BCUT2D eigenvalue weighted by molar-refractivity contribution is 5.87. The van der Waals surface area contributed by atoms with E-state index >= 15 is 0 Å².